The number of rotatable bonds is 4. The minimum atomic E-state index is -0.280. The number of hydrogen-bond acceptors (Lipinski definition) is 2. The summed E-state index contributed by atoms with van der Waals surface area (Å²) in [5.41, 5.74) is 7.30. The number of hydrogen-bond donors (Lipinski definition) is 1. The third-order valence-electron chi connectivity index (χ3n) is 2.41. The maximum atomic E-state index is 11.2. The molecule has 2 nitrogen and oxygen atoms in total. The third kappa shape index (κ3) is 2.15. The molecular weight excluding hydrogens is 194 g/mol. The summed E-state index contributed by atoms with van der Waals surface area (Å²) in [5, 5.41) is 0. The van der Waals surface area contributed by atoms with E-state index in [2.05, 4.69) is 13.8 Å². The van der Waals surface area contributed by atoms with Crippen molar-refractivity contribution in [2.75, 3.05) is 0 Å². The van der Waals surface area contributed by atoms with E-state index in [4.69, 9.17) is 5.73 Å². The highest BCUT2D eigenvalue weighted by atomic mass is 32.1. The van der Waals surface area contributed by atoms with E-state index in [1.165, 1.54) is 10.4 Å². The first-order valence-corrected chi connectivity index (χ1v) is 5.78. The summed E-state index contributed by atoms with van der Waals surface area (Å²) in [6.07, 6.45) is 3.24. The first kappa shape index (κ1) is 11.2. The van der Waals surface area contributed by atoms with Crippen LogP contribution in [-0.2, 0) is 6.42 Å². The quantitative estimate of drug-likeness (QED) is 0.817. The van der Waals surface area contributed by atoms with Gasteiger partial charge in [0, 0.05) is 9.75 Å². The highest BCUT2D eigenvalue weighted by Crippen LogP contribution is 2.28. The van der Waals surface area contributed by atoms with E-state index < -0.39 is 0 Å². The smallest absolute Gasteiger partial charge is 0.250 e. The van der Waals surface area contributed by atoms with Crippen molar-refractivity contribution in [2.24, 2.45) is 5.73 Å². The number of primary amides is 1. The predicted octanol–water partition coefficient (Wildman–Crippen LogP) is 2.81. The number of thiophene rings is 1. The van der Waals surface area contributed by atoms with Crippen LogP contribution in [0.2, 0.25) is 0 Å². The molecule has 0 spiro atoms. The van der Waals surface area contributed by atoms with E-state index in [0.29, 0.717) is 0 Å². The Morgan fingerprint density at radius 1 is 1.36 bits per heavy atom. The van der Waals surface area contributed by atoms with Crippen molar-refractivity contribution < 1.29 is 4.79 Å². The standard InChI is InChI=1S/C11H17NOS/c1-4-5-6-9-7(2)14-8(3)10(9)11(12)13/h4-6H2,1-3H3,(H2,12,13). The largest absolute Gasteiger partial charge is 0.366 e. The molecule has 14 heavy (non-hydrogen) atoms. The minimum Gasteiger partial charge on any atom is -0.366 e. The second-order valence-corrected chi connectivity index (χ2v) is 4.96. The van der Waals surface area contributed by atoms with Crippen LogP contribution in [0.3, 0.4) is 0 Å². The van der Waals surface area contributed by atoms with E-state index in [0.717, 1.165) is 29.7 Å². The fourth-order valence-corrected chi connectivity index (χ4v) is 2.82. The van der Waals surface area contributed by atoms with Gasteiger partial charge in [-0.25, -0.2) is 0 Å². The second kappa shape index (κ2) is 4.60. The molecule has 2 N–H and O–H groups in total. The molecule has 1 aromatic rings. The Hall–Kier alpha value is -0.830. The average molecular weight is 211 g/mol. The van der Waals surface area contributed by atoms with Crippen LogP contribution in [0.15, 0.2) is 0 Å². The van der Waals surface area contributed by atoms with Gasteiger partial charge in [-0.1, -0.05) is 13.3 Å². The van der Waals surface area contributed by atoms with Gasteiger partial charge >= 0.3 is 0 Å². The van der Waals surface area contributed by atoms with Crippen molar-refractivity contribution in [1.29, 1.82) is 0 Å². The molecule has 0 atom stereocenters. The molecule has 1 amide bonds. The van der Waals surface area contributed by atoms with E-state index in [-0.39, 0.29) is 5.91 Å². The molecule has 0 fully saturated rings. The maximum Gasteiger partial charge on any atom is 0.250 e. The molecule has 3 heteroatoms. The van der Waals surface area contributed by atoms with Crippen molar-refractivity contribution in [3.8, 4) is 0 Å². The van der Waals surface area contributed by atoms with Crippen molar-refractivity contribution in [3.05, 3.63) is 20.9 Å². The van der Waals surface area contributed by atoms with Gasteiger partial charge in [0.2, 0.25) is 5.91 Å². The molecule has 0 radical (unpaired) electrons. The molecule has 0 aliphatic carbocycles. The van der Waals surface area contributed by atoms with Crippen LogP contribution in [0.4, 0.5) is 0 Å². The first-order chi connectivity index (χ1) is 6.57. The van der Waals surface area contributed by atoms with Crippen molar-refractivity contribution >= 4 is 17.2 Å². The summed E-state index contributed by atoms with van der Waals surface area (Å²) < 4.78 is 0. The number of aryl methyl sites for hydroxylation is 2. The van der Waals surface area contributed by atoms with Gasteiger partial charge in [-0.3, -0.25) is 4.79 Å². The molecule has 0 aromatic carbocycles. The Bertz CT molecular complexity index is 341. The maximum absolute atomic E-state index is 11.2. The molecule has 0 saturated carbocycles. The van der Waals surface area contributed by atoms with Gasteiger partial charge in [0.1, 0.15) is 0 Å². The van der Waals surface area contributed by atoms with E-state index >= 15 is 0 Å². The molecule has 0 aliphatic rings. The Morgan fingerprint density at radius 2 is 2.00 bits per heavy atom. The monoisotopic (exact) mass is 211 g/mol. The molecule has 1 aromatic heterocycles. The normalized spacial score (nSPS) is 10.5. The Labute approximate surface area is 89.1 Å². The molecule has 0 saturated heterocycles. The lowest BCUT2D eigenvalue weighted by Crippen LogP contribution is -2.13. The van der Waals surface area contributed by atoms with Gasteiger partial charge in [0.15, 0.2) is 0 Å². The highest BCUT2D eigenvalue weighted by Gasteiger charge is 2.16. The van der Waals surface area contributed by atoms with Gasteiger partial charge < -0.3 is 5.73 Å². The average Bonchev–Trinajstić information content (AvgIpc) is 2.37. The van der Waals surface area contributed by atoms with Crippen LogP contribution < -0.4 is 5.73 Å². The number of carbonyl (C=O) groups excluding carboxylic acids is 1. The lowest BCUT2D eigenvalue weighted by molar-refractivity contribution is 0.0999. The van der Waals surface area contributed by atoms with Crippen LogP contribution >= 0.6 is 11.3 Å². The Balaban J connectivity index is 3.05. The molecule has 78 valence electrons. The van der Waals surface area contributed by atoms with E-state index in [9.17, 15) is 4.79 Å². The van der Waals surface area contributed by atoms with Crippen molar-refractivity contribution in [2.45, 2.75) is 40.0 Å². The highest BCUT2D eigenvalue weighted by molar-refractivity contribution is 7.12. The molecule has 0 aliphatic heterocycles. The fraction of sp³-hybridized carbons (Fsp3) is 0.545. The SMILES string of the molecule is CCCCc1c(C)sc(C)c1C(N)=O. The lowest BCUT2D eigenvalue weighted by Gasteiger charge is -2.02. The summed E-state index contributed by atoms with van der Waals surface area (Å²) in [6.45, 7) is 6.18. The van der Waals surface area contributed by atoms with Gasteiger partial charge in [-0.15, -0.1) is 11.3 Å². The van der Waals surface area contributed by atoms with Gasteiger partial charge in [-0.2, -0.15) is 0 Å². The summed E-state index contributed by atoms with van der Waals surface area (Å²) in [7, 11) is 0. The van der Waals surface area contributed by atoms with E-state index in [1.807, 2.05) is 6.92 Å². The summed E-state index contributed by atoms with van der Waals surface area (Å²) >= 11 is 1.67. The van der Waals surface area contributed by atoms with Crippen LogP contribution in [0, 0.1) is 13.8 Å². The lowest BCUT2D eigenvalue weighted by atomic mass is 10.0. The number of unbranched alkanes of at least 4 members (excludes halogenated alkanes) is 1. The summed E-state index contributed by atoms with van der Waals surface area (Å²) in [5.74, 6) is -0.280. The first-order valence-electron chi connectivity index (χ1n) is 4.96. The summed E-state index contributed by atoms with van der Waals surface area (Å²) in [4.78, 5) is 13.5. The Morgan fingerprint density at radius 3 is 2.50 bits per heavy atom. The predicted molar refractivity (Wildman–Crippen MR) is 60.9 cm³/mol. The number of amides is 1. The zero-order chi connectivity index (χ0) is 10.7. The zero-order valence-corrected chi connectivity index (χ0v) is 9.83. The van der Waals surface area contributed by atoms with Crippen LogP contribution in [0.5, 0.6) is 0 Å². The van der Waals surface area contributed by atoms with Crippen LogP contribution in [0.25, 0.3) is 0 Å². The van der Waals surface area contributed by atoms with Gasteiger partial charge in [-0.05, 0) is 32.3 Å². The Kier molecular flexibility index (Phi) is 3.69. The number of carbonyl (C=O) groups is 1. The third-order valence-corrected chi connectivity index (χ3v) is 3.47. The molecule has 1 heterocycles. The molecule has 0 bridgehead atoms. The minimum absolute atomic E-state index is 0.280. The zero-order valence-electron chi connectivity index (χ0n) is 9.02. The topological polar surface area (TPSA) is 43.1 Å². The van der Waals surface area contributed by atoms with Crippen LogP contribution in [-0.4, -0.2) is 5.91 Å². The fourth-order valence-electron chi connectivity index (χ4n) is 1.71. The number of nitrogens with two attached hydrogens (primary N) is 1. The molecule has 0 unspecified atom stereocenters. The van der Waals surface area contributed by atoms with Crippen LogP contribution in [0.1, 0.15) is 45.4 Å². The van der Waals surface area contributed by atoms with Gasteiger partial charge in [0.05, 0.1) is 5.56 Å². The summed E-state index contributed by atoms with van der Waals surface area (Å²) in [6, 6.07) is 0. The van der Waals surface area contributed by atoms with Crippen molar-refractivity contribution in [1.82, 2.24) is 0 Å². The van der Waals surface area contributed by atoms with E-state index in [1.54, 1.807) is 11.3 Å². The molecule has 1 rings (SSSR count). The molecular formula is C11H17NOS. The van der Waals surface area contributed by atoms with Gasteiger partial charge in [0.25, 0.3) is 0 Å². The van der Waals surface area contributed by atoms with Crippen molar-refractivity contribution in [3.63, 3.8) is 0 Å². The second-order valence-electron chi connectivity index (χ2n) is 3.54.